The highest BCUT2D eigenvalue weighted by Crippen LogP contribution is 2.70. The van der Waals surface area contributed by atoms with Crippen molar-refractivity contribution in [2.45, 2.75) is 72.6 Å². The van der Waals surface area contributed by atoms with Crippen molar-refractivity contribution in [3.63, 3.8) is 0 Å². The standard InChI is InChI=1S/C22H34O4/c1-14(23)25-12-16-15-6-7-18-21(4)10-5-9-20(2,3)17(21)8-11-22(16,18)13-26-19(15)24/h15-18H,5-13H2,1-4H3/t15-,16-,17+,18?,21+,22-/m1/s1. The van der Waals surface area contributed by atoms with Crippen LogP contribution >= 0.6 is 0 Å². The third-order valence-electron chi connectivity index (χ3n) is 8.91. The minimum Gasteiger partial charge on any atom is -0.466 e. The largest absolute Gasteiger partial charge is 0.466 e. The molecule has 0 N–H and O–H groups in total. The smallest absolute Gasteiger partial charge is 0.309 e. The van der Waals surface area contributed by atoms with Crippen LogP contribution in [-0.4, -0.2) is 25.2 Å². The van der Waals surface area contributed by atoms with Gasteiger partial charge >= 0.3 is 11.9 Å². The van der Waals surface area contributed by atoms with Crippen LogP contribution in [0, 0.1) is 39.9 Å². The van der Waals surface area contributed by atoms with Crippen LogP contribution in [0.4, 0.5) is 0 Å². The molecule has 1 aliphatic heterocycles. The van der Waals surface area contributed by atoms with Gasteiger partial charge in [-0.3, -0.25) is 9.59 Å². The molecule has 1 unspecified atom stereocenters. The monoisotopic (exact) mass is 362 g/mol. The van der Waals surface area contributed by atoms with E-state index in [0.29, 0.717) is 30.0 Å². The Kier molecular flexibility index (Phi) is 4.20. The zero-order valence-corrected chi connectivity index (χ0v) is 16.8. The highest BCUT2D eigenvalue weighted by molar-refractivity contribution is 5.74. The molecule has 1 saturated heterocycles. The number of ether oxygens (including phenoxy) is 2. The van der Waals surface area contributed by atoms with Crippen molar-refractivity contribution in [2.24, 2.45) is 39.9 Å². The summed E-state index contributed by atoms with van der Waals surface area (Å²) in [5, 5.41) is 0. The summed E-state index contributed by atoms with van der Waals surface area (Å²) in [6, 6.07) is 0. The highest BCUT2D eigenvalue weighted by atomic mass is 16.5. The maximum atomic E-state index is 12.4. The van der Waals surface area contributed by atoms with Crippen molar-refractivity contribution in [2.75, 3.05) is 13.2 Å². The van der Waals surface area contributed by atoms with Gasteiger partial charge in [0.2, 0.25) is 0 Å². The van der Waals surface area contributed by atoms with Crippen LogP contribution in [0.15, 0.2) is 0 Å². The Hall–Kier alpha value is -1.06. The molecule has 0 aromatic rings. The van der Waals surface area contributed by atoms with E-state index in [0.717, 1.165) is 25.2 Å². The van der Waals surface area contributed by atoms with Crippen molar-refractivity contribution in [3.05, 3.63) is 0 Å². The van der Waals surface area contributed by atoms with Crippen LogP contribution in [-0.2, 0) is 19.1 Å². The first kappa shape index (κ1) is 18.3. The molecule has 1 spiro atoms. The maximum absolute atomic E-state index is 12.4. The Morgan fingerprint density at radius 3 is 2.62 bits per heavy atom. The summed E-state index contributed by atoms with van der Waals surface area (Å²) in [5.41, 5.74) is 0.705. The maximum Gasteiger partial charge on any atom is 0.309 e. The first-order valence-electron chi connectivity index (χ1n) is 10.5. The molecule has 1 heterocycles. The fraction of sp³-hybridized carbons (Fsp3) is 0.909. The molecule has 146 valence electrons. The Balaban J connectivity index is 1.71. The second kappa shape index (κ2) is 5.97. The van der Waals surface area contributed by atoms with Gasteiger partial charge in [-0.2, -0.15) is 0 Å². The molecule has 0 amide bonds. The Morgan fingerprint density at radius 2 is 1.88 bits per heavy atom. The minimum atomic E-state index is -0.242. The van der Waals surface area contributed by atoms with Crippen LogP contribution < -0.4 is 0 Å². The molecule has 0 radical (unpaired) electrons. The Labute approximate surface area is 157 Å². The minimum absolute atomic E-state index is 0.00491. The average Bonchev–Trinajstić information content (AvgIpc) is 2.55. The summed E-state index contributed by atoms with van der Waals surface area (Å²) >= 11 is 0. The number of hydrogen-bond donors (Lipinski definition) is 0. The second-order valence-corrected chi connectivity index (χ2v) is 10.4. The summed E-state index contributed by atoms with van der Waals surface area (Å²) < 4.78 is 11.2. The molecule has 2 bridgehead atoms. The van der Waals surface area contributed by atoms with Gasteiger partial charge in [-0.05, 0) is 61.2 Å². The van der Waals surface area contributed by atoms with Gasteiger partial charge in [0.1, 0.15) is 0 Å². The van der Waals surface area contributed by atoms with Gasteiger partial charge in [0.05, 0.1) is 19.1 Å². The molecule has 0 aromatic heterocycles. The summed E-state index contributed by atoms with van der Waals surface area (Å²) in [5.74, 6) is 1.04. The van der Waals surface area contributed by atoms with Crippen molar-refractivity contribution >= 4 is 11.9 Å². The van der Waals surface area contributed by atoms with Crippen LogP contribution in [0.2, 0.25) is 0 Å². The van der Waals surface area contributed by atoms with E-state index in [4.69, 9.17) is 9.47 Å². The molecule has 4 heteroatoms. The fourth-order valence-corrected chi connectivity index (χ4v) is 7.92. The van der Waals surface area contributed by atoms with Crippen molar-refractivity contribution < 1.29 is 19.1 Å². The van der Waals surface area contributed by atoms with E-state index in [1.807, 2.05) is 0 Å². The quantitative estimate of drug-likeness (QED) is 0.685. The molecule has 26 heavy (non-hydrogen) atoms. The number of carbonyl (C=O) groups is 2. The molecule has 4 fully saturated rings. The van der Waals surface area contributed by atoms with Crippen molar-refractivity contribution in [1.29, 1.82) is 0 Å². The summed E-state index contributed by atoms with van der Waals surface area (Å²) in [6.07, 6.45) is 8.23. The van der Waals surface area contributed by atoms with E-state index in [2.05, 4.69) is 20.8 Å². The van der Waals surface area contributed by atoms with Crippen LogP contribution in [0.1, 0.15) is 72.6 Å². The first-order chi connectivity index (χ1) is 12.2. The third-order valence-corrected chi connectivity index (χ3v) is 8.91. The van der Waals surface area contributed by atoms with Crippen molar-refractivity contribution in [3.8, 4) is 0 Å². The number of rotatable bonds is 2. The van der Waals surface area contributed by atoms with Gasteiger partial charge < -0.3 is 9.47 Å². The average molecular weight is 363 g/mol. The van der Waals surface area contributed by atoms with Gasteiger partial charge in [-0.1, -0.05) is 27.2 Å². The third kappa shape index (κ3) is 2.46. The molecular formula is C22H34O4. The second-order valence-electron chi connectivity index (χ2n) is 10.4. The highest BCUT2D eigenvalue weighted by Gasteiger charge is 2.66. The van der Waals surface area contributed by atoms with Gasteiger partial charge in [0.25, 0.3) is 0 Å². The molecular weight excluding hydrogens is 328 g/mol. The molecule has 4 rings (SSSR count). The molecule has 3 aliphatic carbocycles. The molecule has 6 atom stereocenters. The zero-order chi connectivity index (χ0) is 18.7. The van der Waals surface area contributed by atoms with E-state index in [1.54, 1.807) is 0 Å². The summed E-state index contributed by atoms with van der Waals surface area (Å²) in [7, 11) is 0. The van der Waals surface area contributed by atoms with Crippen LogP contribution in [0.3, 0.4) is 0 Å². The SMILES string of the molecule is CC(=O)OC[C@@H]1[C@H]2CCC3[C@]1(CC[C@H]1C(C)(C)CCC[C@]31C)COC2=O. The number of esters is 2. The first-order valence-corrected chi connectivity index (χ1v) is 10.5. The van der Waals surface area contributed by atoms with Crippen LogP contribution in [0.5, 0.6) is 0 Å². The van der Waals surface area contributed by atoms with E-state index in [1.165, 1.54) is 32.6 Å². The normalized spacial score (nSPS) is 46.5. The molecule has 4 nitrogen and oxygen atoms in total. The summed E-state index contributed by atoms with van der Waals surface area (Å²) in [4.78, 5) is 23.9. The van der Waals surface area contributed by atoms with Gasteiger partial charge in [-0.25, -0.2) is 0 Å². The van der Waals surface area contributed by atoms with E-state index in [-0.39, 0.29) is 29.2 Å². The number of fused-ring (bicyclic) bond motifs is 3. The lowest BCUT2D eigenvalue weighted by Crippen LogP contribution is -2.65. The van der Waals surface area contributed by atoms with Gasteiger partial charge in [0, 0.05) is 18.3 Å². The lowest BCUT2D eigenvalue weighted by Gasteiger charge is -2.67. The number of cyclic esters (lactones) is 1. The van der Waals surface area contributed by atoms with E-state index in [9.17, 15) is 9.59 Å². The van der Waals surface area contributed by atoms with Gasteiger partial charge in [0.15, 0.2) is 0 Å². The number of carbonyl (C=O) groups excluding carboxylic acids is 2. The molecule has 3 saturated carbocycles. The zero-order valence-electron chi connectivity index (χ0n) is 16.8. The predicted molar refractivity (Wildman–Crippen MR) is 98.2 cm³/mol. The van der Waals surface area contributed by atoms with Gasteiger partial charge in [-0.15, -0.1) is 0 Å². The Bertz CT molecular complexity index is 611. The number of hydrogen-bond acceptors (Lipinski definition) is 4. The van der Waals surface area contributed by atoms with E-state index < -0.39 is 0 Å². The lowest BCUT2D eigenvalue weighted by atomic mass is 9.38. The molecule has 4 aliphatic rings. The predicted octanol–water partition coefficient (Wildman–Crippen LogP) is 4.36. The summed E-state index contributed by atoms with van der Waals surface area (Å²) in [6.45, 7) is 9.81. The molecule has 0 aromatic carbocycles. The topological polar surface area (TPSA) is 52.6 Å². The van der Waals surface area contributed by atoms with Crippen molar-refractivity contribution in [1.82, 2.24) is 0 Å². The lowest BCUT2D eigenvalue weighted by molar-refractivity contribution is -0.236. The fourth-order valence-electron chi connectivity index (χ4n) is 7.92. The van der Waals surface area contributed by atoms with Crippen LogP contribution in [0.25, 0.3) is 0 Å². The Morgan fingerprint density at radius 1 is 1.12 bits per heavy atom. The van der Waals surface area contributed by atoms with E-state index >= 15 is 0 Å².